The molecule has 0 bridgehead atoms. The molecule has 1 aliphatic rings. The molecule has 2 rings (SSSR count). The number of rotatable bonds is 4. The zero-order valence-corrected chi connectivity index (χ0v) is 11.4. The largest absolute Gasteiger partial charge is 0.493 e. The fraction of sp³-hybridized carbons (Fsp3) is 0.455. The molecule has 0 saturated heterocycles. The molecule has 1 heterocycles. The molecule has 1 nitrogen and oxygen atoms in total. The number of benzene rings is 1. The average molecular weight is 308 g/mol. The third-order valence-electron chi connectivity index (χ3n) is 2.30. The molecule has 1 aliphatic heterocycles. The van der Waals surface area contributed by atoms with E-state index in [9.17, 15) is 0 Å². The first kappa shape index (κ1) is 11.6. The van der Waals surface area contributed by atoms with Crippen molar-refractivity contribution in [1.82, 2.24) is 0 Å². The summed E-state index contributed by atoms with van der Waals surface area (Å²) in [6, 6.07) is 4.30. The summed E-state index contributed by atoms with van der Waals surface area (Å²) in [4.78, 5) is 0. The molecule has 1 aromatic rings. The number of alkyl halides is 1. The summed E-state index contributed by atoms with van der Waals surface area (Å²) in [7, 11) is 0. The molecule has 0 aliphatic carbocycles. The van der Waals surface area contributed by atoms with Gasteiger partial charge in [0.05, 0.1) is 6.61 Å². The fourth-order valence-corrected chi connectivity index (χ4v) is 3.26. The topological polar surface area (TPSA) is 9.23 Å². The van der Waals surface area contributed by atoms with Crippen molar-refractivity contribution in [3.63, 3.8) is 0 Å². The Bertz CT molecular complexity index is 357. The molecule has 0 fully saturated rings. The summed E-state index contributed by atoms with van der Waals surface area (Å²) < 4.78 is 6.79. The average Bonchev–Trinajstić information content (AvgIpc) is 2.65. The number of hydrogen-bond donors (Lipinski definition) is 0. The Morgan fingerprint density at radius 3 is 3.13 bits per heavy atom. The molecule has 0 atom stereocenters. The number of hydrogen-bond acceptors (Lipinski definition) is 2. The van der Waals surface area contributed by atoms with Gasteiger partial charge in [0.2, 0.25) is 0 Å². The van der Waals surface area contributed by atoms with Gasteiger partial charge in [0, 0.05) is 33.8 Å². The third kappa shape index (κ3) is 2.83. The standard InChI is InChI=1S/C11H12BrClOS/c12-10-5-8-1-3-14-11(8)9(6-10)7-15-4-2-13/h5-6H,1-4,7H2. The lowest BCUT2D eigenvalue weighted by Gasteiger charge is -2.08. The normalized spacial score (nSPS) is 13.7. The zero-order valence-electron chi connectivity index (χ0n) is 8.26. The van der Waals surface area contributed by atoms with E-state index in [0.717, 1.165) is 34.8 Å². The van der Waals surface area contributed by atoms with Gasteiger partial charge in [0.1, 0.15) is 5.75 Å². The third-order valence-corrected chi connectivity index (χ3v) is 4.18. The molecule has 82 valence electrons. The van der Waals surface area contributed by atoms with Gasteiger partial charge in [0.15, 0.2) is 0 Å². The van der Waals surface area contributed by atoms with Crippen molar-refractivity contribution in [3.8, 4) is 5.75 Å². The van der Waals surface area contributed by atoms with Crippen LogP contribution in [0, 0.1) is 0 Å². The molecular formula is C11H12BrClOS. The maximum absolute atomic E-state index is 5.65. The molecule has 0 aromatic heterocycles. The zero-order chi connectivity index (χ0) is 10.7. The quantitative estimate of drug-likeness (QED) is 0.617. The van der Waals surface area contributed by atoms with E-state index in [1.54, 1.807) is 0 Å². The van der Waals surface area contributed by atoms with E-state index in [1.807, 2.05) is 11.8 Å². The van der Waals surface area contributed by atoms with Crippen LogP contribution in [0.5, 0.6) is 5.75 Å². The Morgan fingerprint density at radius 2 is 2.33 bits per heavy atom. The van der Waals surface area contributed by atoms with Crippen molar-refractivity contribution in [2.24, 2.45) is 0 Å². The van der Waals surface area contributed by atoms with Crippen molar-refractivity contribution in [3.05, 3.63) is 27.7 Å². The highest BCUT2D eigenvalue weighted by atomic mass is 79.9. The van der Waals surface area contributed by atoms with E-state index in [0.29, 0.717) is 5.88 Å². The van der Waals surface area contributed by atoms with Gasteiger partial charge >= 0.3 is 0 Å². The minimum Gasteiger partial charge on any atom is -0.493 e. The van der Waals surface area contributed by atoms with Crippen LogP contribution in [-0.4, -0.2) is 18.2 Å². The van der Waals surface area contributed by atoms with Gasteiger partial charge in [-0.3, -0.25) is 0 Å². The molecule has 0 spiro atoms. The first-order valence-electron chi connectivity index (χ1n) is 4.89. The lowest BCUT2D eigenvalue weighted by Crippen LogP contribution is -1.91. The molecule has 0 unspecified atom stereocenters. The second-order valence-corrected chi connectivity index (χ2v) is 5.79. The van der Waals surface area contributed by atoms with Gasteiger partial charge in [0.25, 0.3) is 0 Å². The molecule has 0 N–H and O–H groups in total. The van der Waals surface area contributed by atoms with Crippen LogP contribution in [0.2, 0.25) is 0 Å². The van der Waals surface area contributed by atoms with Crippen molar-refractivity contribution < 1.29 is 4.74 Å². The van der Waals surface area contributed by atoms with Crippen LogP contribution in [-0.2, 0) is 12.2 Å². The lowest BCUT2D eigenvalue weighted by atomic mass is 10.1. The van der Waals surface area contributed by atoms with Crippen LogP contribution in [0.1, 0.15) is 11.1 Å². The molecule has 0 saturated carbocycles. The number of thioether (sulfide) groups is 1. The first-order valence-corrected chi connectivity index (χ1v) is 7.37. The van der Waals surface area contributed by atoms with Gasteiger partial charge < -0.3 is 4.74 Å². The van der Waals surface area contributed by atoms with E-state index < -0.39 is 0 Å². The molecule has 0 radical (unpaired) electrons. The van der Waals surface area contributed by atoms with E-state index in [-0.39, 0.29) is 0 Å². The SMILES string of the molecule is ClCCSCc1cc(Br)cc2c1OCC2. The predicted octanol–water partition coefficient (Wildman–Crippen LogP) is 3.86. The Balaban J connectivity index is 2.15. The maximum atomic E-state index is 5.65. The molecule has 1 aromatic carbocycles. The number of ether oxygens (including phenoxy) is 1. The van der Waals surface area contributed by atoms with E-state index in [4.69, 9.17) is 16.3 Å². The van der Waals surface area contributed by atoms with Gasteiger partial charge in [-0.2, -0.15) is 11.8 Å². The van der Waals surface area contributed by atoms with E-state index in [2.05, 4.69) is 28.1 Å². The minimum absolute atomic E-state index is 0.710. The predicted molar refractivity (Wildman–Crippen MR) is 70.2 cm³/mol. The van der Waals surface area contributed by atoms with Crippen LogP contribution in [0.15, 0.2) is 16.6 Å². The van der Waals surface area contributed by atoms with Gasteiger partial charge in [-0.1, -0.05) is 15.9 Å². The van der Waals surface area contributed by atoms with Crippen molar-refractivity contribution in [2.75, 3.05) is 18.2 Å². The molecule has 15 heavy (non-hydrogen) atoms. The monoisotopic (exact) mass is 306 g/mol. The Kier molecular flexibility index (Phi) is 4.23. The van der Waals surface area contributed by atoms with Crippen molar-refractivity contribution >= 4 is 39.3 Å². The van der Waals surface area contributed by atoms with Crippen LogP contribution in [0.25, 0.3) is 0 Å². The van der Waals surface area contributed by atoms with Gasteiger partial charge in [-0.25, -0.2) is 0 Å². The maximum Gasteiger partial charge on any atom is 0.126 e. The highest BCUT2D eigenvalue weighted by Crippen LogP contribution is 2.34. The summed E-state index contributed by atoms with van der Waals surface area (Å²) in [5.74, 6) is 3.78. The number of halogens is 2. The Hall–Kier alpha value is 0.140. The van der Waals surface area contributed by atoms with Crippen LogP contribution < -0.4 is 4.74 Å². The first-order chi connectivity index (χ1) is 7.31. The van der Waals surface area contributed by atoms with Crippen LogP contribution >= 0.6 is 39.3 Å². The van der Waals surface area contributed by atoms with Gasteiger partial charge in [-0.05, 0) is 17.7 Å². The van der Waals surface area contributed by atoms with Crippen molar-refractivity contribution in [1.29, 1.82) is 0 Å². The van der Waals surface area contributed by atoms with Crippen LogP contribution in [0.4, 0.5) is 0 Å². The summed E-state index contributed by atoms with van der Waals surface area (Å²) in [5.41, 5.74) is 2.61. The highest BCUT2D eigenvalue weighted by Gasteiger charge is 2.16. The minimum atomic E-state index is 0.710. The smallest absolute Gasteiger partial charge is 0.126 e. The van der Waals surface area contributed by atoms with Gasteiger partial charge in [-0.15, -0.1) is 11.6 Å². The highest BCUT2D eigenvalue weighted by molar-refractivity contribution is 9.10. The second-order valence-electron chi connectivity index (χ2n) is 3.39. The van der Waals surface area contributed by atoms with Crippen LogP contribution in [0.3, 0.4) is 0 Å². The van der Waals surface area contributed by atoms with E-state index in [1.165, 1.54) is 11.1 Å². The summed E-state index contributed by atoms with van der Waals surface area (Å²) in [6.45, 7) is 0.818. The summed E-state index contributed by atoms with van der Waals surface area (Å²) in [6.07, 6.45) is 1.03. The van der Waals surface area contributed by atoms with Crippen molar-refractivity contribution in [2.45, 2.75) is 12.2 Å². The summed E-state index contributed by atoms with van der Waals surface area (Å²) >= 11 is 11.0. The lowest BCUT2D eigenvalue weighted by molar-refractivity contribution is 0.354. The molecular weight excluding hydrogens is 296 g/mol. The fourth-order valence-electron chi connectivity index (χ4n) is 1.69. The Labute approximate surface area is 108 Å². The molecule has 4 heteroatoms. The van der Waals surface area contributed by atoms with E-state index >= 15 is 0 Å². The molecule has 0 amide bonds. The Morgan fingerprint density at radius 1 is 1.47 bits per heavy atom. The second kappa shape index (κ2) is 5.46. The summed E-state index contributed by atoms with van der Waals surface area (Å²) in [5, 5.41) is 0. The number of fused-ring (bicyclic) bond motifs is 1.